The summed E-state index contributed by atoms with van der Waals surface area (Å²) in [5, 5.41) is 14.2. The number of hydrogen-bond donors (Lipinski definition) is 1. The predicted octanol–water partition coefficient (Wildman–Crippen LogP) is 4.39. The van der Waals surface area contributed by atoms with Gasteiger partial charge in [0.15, 0.2) is 5.11 Å². The third-order valence-corrected chi connectivity index (χ3v) is 5.90. The van der Waals surface area contributed by atoms with Crippen molar-refractivity contribution in [3.05, 3.63) is 99.3 Å². The van der Waals surface area contributed by atoms with E-state index >= 15 is 0 Å². The molecule has 0 unspecified atom stereocenters. The number of benzene rings is 2. The first-order valence-corrected chi connectivity index (χ1v) is 11.0. The van der Waals surface area contributed by atoms with Gasteiger partial charge in [-0.2, -0.15) is 0 Å². The van der Waals surface area contributed by atoms with Crippen LogP contribution in [0.1, 0.15) is 5.69 Å². The maximum absolute atomic E-state index is 13.3. The number of hydrogen-bond acceptors (Lipinski definition) is 6. The zero-order valence-corrected chi connectivity index (χ0v) is 19.3. The van der Waals surface area contributed by atoms with Gasteiger partial charge in [-0.15, -0.1) is 0 Å². The first kappa shape index (κ1) is 22.4. The highest BCUT2D eigenvalue weighted by molar-refractivity contribution is 7.80. The Hall–Kier alpha value is -4.41. The fraction of sp³-hybridized carbons (Fsp3) is 0. The lowest BCUT2D eigenvalue weighted by Gasteiger charge is -2.28. The van der Waals surface area contributed by atoms with E-state index in [1.165, 1.54) is 23.1 Å². The maximum Gasteiger partial charge on any atom is 0.270 e. The normalized spacial score (nSPS) is 15.1. The van der Waals surface area contributed by atoms with E-state index in [4.69, 9.17) is 23.8 Å². The van der Waals surface area contributed by atoms with Crippen LogP contribution in [0.25, 0.3) is 23.0 Å². The van der Waals surface area contributed by atoms with Crippen molar-refractivity contribution in [3.8, 4) is 11.4 Å². The second-order valence-corrected chi connectivity index (χ2v) is 8.34. The monoisotopic (exact) mass is 503 g/mol. The van der Waals surface area contributed by atoms with Gasteiger partial charge < -0.3 is 0 Å². The summed E-state index contributed by atoms with van der Waals surface area (Å²) < 4.78 is 1.73. The minimum absolute atomic E-state index is 0.0496. The highest BCUT2D eigenvalue weighted by atomic mass is 35.5. The molecule has 0 radical (unpaired) electrons. The summed E-state index contributed by atoms with van der Waals surface area (Å²) in [6.07, 6.45) is 3.13. The molecule has 0 spiro atoms. The molecule has 11 heteroatoms. The first-order valence-electron chi connectivity index (χ1n) is 10.2. The van der Waals surface area contributed by atoms with Crippen LogP contribution < -0.4 is 10.2 Å². The van der Waals surface area contributed by atoms with Crippen LogP contribution in [0.3, 0.4) is 0 Å². The van der Waals surface area contributed by atoms with Crippen molar-refractivity contribution in [1.82, 2.24) is 14.7 Å². The summed E-state index contributed by atoms with van der Waals surface area (Å²) in [5.74, 6) is -0.848. The molecule has 1 fully saturated rings. The van der Waals surface area contributed by atoms with Crippen molar-refractivity contribution in [1.29, 1.82) is 0 Å². The van der Waals surface area contributed by atoms with Crippen molar-refractivity contribution in [3.63, 3.8) is 0 Å². The lowest BCUT2D eigenvalue weighted by Crippen LogP contribution is -2.54. The van der Waals surface area contributed by atoms with Gasteiger partial charge in [-0.25, -0.2) is 4.98 Å². The number of halogens is 1. The van der Waals surface area contributed by atoms with Crippen LogP contribution in [0, 0.1) is 10.1 Å². The highest BCUT2D eigenvalue weighted by Crippen LogP contribution is 2.28. The molecule has 1 saturated heterocycles. The molecule has 1 aliphatic rings. The summed E-state index contributed by atoms with van der Waals surface area (Å²) in [5.41, 5.74) is 1.66. The van der Waals surface area contributed by atoms with E-state index in [2.05, 4.69) is 10.3 Å². The Kier molecular flexibility index (Phi) is 5.59. The number of fused-ring (bicyclic) bond motifs is 1. The van der Waals surface area contributed by atoms with Gasteiger partial charge in [0, 0.05) is 28.9 Å². The summed E-state index contributed by atoms with van der Waals surface area (Å²) in [7, 11) is 0. The number of carbonyl (C=O) groups is 2. The van der Waals surface area contributed by atoms with Gasteiger partial charge in [-0.1, -0.05) is 29.8 Å². The fourth-order valence-electron chi connectivity index (χ4n) is 3.75. The third-order valence-electron chi connectivity index (χ3n) is 5.36. The number of nitro benzene ring substituents is 1. The molecule has 5 rings (SSSR count). The number of imidazole rings is 1. The number of thiocarbonyl (C=S) groups is 1. The van der Waals surface area contributed by atoms with E-state index in [-0.39, 0.29) is 16.4 Å². The van der Waals surface area contributed by atoms with Gasteiger partial charge >= 0.3 is 0 Å². The smallest absolute Gasteiger partial charge is 0.270 e. The Morgan fingerprint density at radius 2 is 1.83 bits per heavy atom. The van der Waals surface area contributed by atoms with E-state index < -0.39 is 16.7 Å². The number of nitrogens with one attached hydrogen (secondary N) is 1. The number of nitrogens with zero attached hydrogens (tertiary/aromatic N) is 4. The zero-order valence-electron chi connectivity index (χ0n) is 17.7. The molecule has 0 aliphatic carbocycles. The summed E-state index contributed by atoms with van der Waals surface area (Å²) in [4.78, 5) is 42.7. The number of amides is 2. The lowest BCUT2D eigenvalue weighted by atomic mass is 10.1. The Morgan fingerprint density at radius 1 is 1.06 bits per heavy atom. The molecule has 2 aromatic carbocycles. The minimum atomic E-state index is -0.654. The number of carbonyl (C=O) groups excluding carboxylic acids is 2. The Bertz CT molecular complexity index is 1580. The molecule has 1 aliphatic heterocycles. The third kappa shape index (κ3) is 4.05. The average molecular weight is 504 g/mol. The van der Waals surface area contributed by atoms with Gasteiger partial charge in [0.25, 0.3) is 17.5 Å². The SMILES string of the molecule is O=C1NC(=S)N(c2ccc(Cl)cc2)C(=O)C1=Cc1nc(-c2cccc([N+](=O)[O-])c2)n2ccccc12. The summed E-state index contributed by atoms with van der Waals surface area (Å²) in [6.45, 7) is 0. The predicted molar refractivity (Wildman–Crippen MR) is 135 cm³/mol. The lowest BCUT2D eigenvalue weighted by molar-refractivity contribution is -0.384. The second-order valence-electron chi connectivity index (χ2n) is 7.52. The summed E-state index contributed by atoms with van der Waals surface area (Å²) in [6, 6.07) is 17.9. The van der Waals surface area contributed by atoms with Gasteiger partial charge in [0.1, 0.15) is 11.4 Å². The number of non-ortho nitro benzene ring substituents is 1. The van der Waals surface area contributed by atoms with Crippen molar-refractivity contribution in [2.75, 3.05) is 4.90 Å². The Balaban J connectivity index is 1.62. The Morgan fingerprint density at radius 3 is 2.57 bits per heavy atom. The van der Waals surface area contributed by atoms with Crippen LogP contribution in [-0.2, 0) is 9.59 Å². The number of pyridine rings is 1. The molecule has 1 N–H and O–H groups in total. The topological polar surface area (TPSA) is 110 Å². The van der Waals surface area contributed by atoms with E-state index in [0.29, 0.717) is 33.3 Å². The Labute approximate surface area is 208 Å². The second kappa shape index (κ2) is 8.75. The van der Waals surface area contributed by atoms with Crippen LogP contribution in [0.5, 0.6) is 0 Å². The first-order chi connectivity index (χ1) is 16.8. The largest absolute Gasteiger partial charge is 0.299 e. The zero-order chi connectivity index (χ0) is 24.7. The summed E-state index contributed by atoms with van der Waals surface area (Å²) >= 11 is 11.2. The quantitative estimate of drug-likeness (QED) is 0.145. The molecule has 9 nitrogen and oxygen atoms in total. The molecule has 0 atom stereocenters. The molecule has 2 aromatic heterocycles. The molecule has 3 heterocycles. The van der Waals surface area contributed by atoms with E-state index in [0.717, 1.165) is 0 Å². The van der Waals surface area contributed by atoms with Crippen molar-refractivity contribution in [2.45, 2.75) is 0 Å². The molecule has 172 valence electrons. The van der Waals surface area contributed by atoms with Gasteiger partial charge in [0.05, 0.1) is 21.8 Å². The van der Waals surface area contributed by atoms with Crippen LogP contribution >= 0.6 is 23.8 Å². The van der Waals surface area contributed by atoms with Gasteiger partial charge in [-0.3, -0.25) is 34.3 Å². The van der Waals surface area contributed by atoms with Gasteiger partial charge in [-0.05, 0) is 54.7 Å². The van der Waals surface area contributed by atoms with Gasteiger partial charge in [0.2, 0.25) is 0 Å². The molecular formula is C24H14ClN5O4S. The molecule has 4 aromatic rings. The van der Waals surface area contributed by atoms with Crippen LogP contribution in [-0.4, -0.2) is 31.2 Å². The fourth-order valence-corrected chi connectivity index (χ4v) is 4.16. The van der Waals surface area contributed by atoms with Crippen molar-refractivity contribution in [2.24, 2.45) is 0 Å². The minimum Gasteiger partial charge on any atom is -0.299 e. The standard InChI is InChI=1S/C24H14ClN5O4S/c25-15-7-9-16(10-8-15)29-23(32)18(22(31)27-24(29)35)13-19-20-6-1-2-11-28(20)21(26-19)14-4-3-5-17(12-14)30(33)34/h1-13H,(H,27,31,35). The molecule has 35 heavy (non-hydrogen) atoms. The number of anilines is 1. The number of rotatable bonds is 4. The molecule has 0 bridgehead atoms. The average Bonchev–Trinajstić information content (AvgIpc) is 3.21. The van der Waals surface area contributed by atoms with E-state index in [1.807, 2.05) is 0 Å². The number of aromatic nitrogens is 2. The highest BCUT2D eigenvalue weighted by Gasteiger charge is 2.35. The van der Waals surface area contributed by atoms with Crippen LogP contribution in [0.15, 0.2) is 78.5 Å². The molecular weight excluding hydrogens is 490 g/mol. The molecule has 2 amide bonds. The van der Waals surface area contributed by atoms with Crippen LogP contribution in [0.2, 0.25) is 5.02 Å². The maximum atomic E-state index is 13.3. The van der Waals surface area contributed by atoms with E-state index in [1.54, 1.807) is 65.2 Å². The van der Waals surface area contributed by atoms with Crippen molar-refractivity contribution < 1.29 is 14.5 Å². The van der Waals surface area contributed by atoms with Crippen molar-refractivity contribution >= 4 is 63.7 Å². The molecule has 0 saturated carbocycles. The van der Waals surface area contributed by atoms with E-state index in [9.17, 15) is 19.7 Å². The van der Waals surface area contributed by atoms with Crippen LogP contribution in [0.4, 0.5) is 11.4 Å². The number of nitro groups is 1.